The Bertz CT molecular complexity index is 1480. The predicted molar refractivity (Wildman–Crippen MR) is 171 cm³/mol. The summed E-state index contributed by atoms with van der Waals surface area (Å²) >= 11 is 17.3. The van der Waals surface area contributed by atoms with Crippen LogP contribution < -0.4 is 9.80 Å². The average molecular weight is 628 g/mol. The van der Waals surface area contributed by atoms with Crippen LogP contribution in [0.2, 0.25) is 10.0 Å². The molecule has 0 radical (unpaired) electrons. The largest absolute Gasteiger partial charge is 0.368 e. The normalized spacial score (nSPS) is 15.4. The van der Waals surface area contributed by atoms with E-state index in [0.717, 1.165) is 84.8 Å². The zero-order valence-electron chi connectivity index (χ0n) is 23.2. The smallest absolute Gasteiger partial charge is 0.242 e. The van der Waals surface area contributed by atoms with Gasteiger partial charge in [0.1, 0.15) is 12.4 Å². The van der Waals surface area contributed by atoms with Crippen LogP contribution in [0, 0.1) is 0 Å². The monoisotopic (exact) mass is 626 g/mol. The van der Waals surface area contributed by atoms with Crippen molar-refractivity contribution >= 4 is 69.0 Å². The number of aromatic nitrogens is 2. The second kappa shape index (κ2) is 14.1. The molecule has 220 valence electrons. The maximum absolute atomic E-state index is 12.6. The SMILES string of the molecule is O=C(CCl)N1CCN(c2ccc(Cl)cc2)CC1.O=C(Cn1cnc2ccccc21)N1CCN(c2ccc(Cl)cc2)CC1. The number of fused-ring (bicyclic) bond motifs is 1. The minimum Gasteiger partial charge on any atom is -0.368 e. The number of carbonyl (C=O) groups excluding carboxylic acids is 2. The van der Waals surface area contributed by atoms with Crippen LogP contribution in [0.3, 0.4) is 0 Å². The van der Waals surface area contributed by atoms with Crippen LogP contribution in [-0.2, 0) is 16.1 Å². The lowest BCUT2D eigenvalue weighted by Crippen LogP contribution is -2.49. The number of piperazine rings is 2. The van der Waals surface area contributed by atoms with Crippen molar-refractivity contribution in [2.45, 2.75) is 6.54 Å². The molecule has 8 nitrogen and oxygen atoms in total. The molecule has 0 saturated carbocycles. The molecule has 0 aliphatic carbocycles. The Morgan fingerprint density at radius 1 is 0.643 bits per heavy atom. The summed E-state index contributed by atoms with van der Waals surface area (Å²) in [6.45, 7) is 6.59. The summed E-state index contributed by atoms with van der Waals surface area (Å²) in [6, 6.07) is 23.5. The molecule has 2 saturated heterocycles. The third kappa shape index (κ3) is 7.48. The number of benzene rings is 3. The molecule has 2 aliphatic heterocycles. The first-order valence-electron chi connectivity index (χ1n) is 13.9. The highest BCUT2D eigenvalue weighted by atomic mass is 35.5. The summed E-state index contributed by atoms with van der Waals surface area (Å²) < 4.78 is 1.92. The quantitative estimate of drug-likeness (QED) is 0.282. The van der Waals surface area contributed by atoms with Gasteiger partial charge in [0, 0.05) is 73.8 Å². The van der Waals surface area contributed by atoms with Gasteiger partial charge in [-0.3, -0.25) is 9.59 Å². The first kappa shape index (κ1) is 30.0. The average Bonchev–Trinajstić information content (AvgIpc) is 3.44. The van der Waals surface area contributed by atoms with Gasteiger partial charge >= 0.3 is 0 Å². The zero-order chi connectivity index (χ0) is 29.5. The van der Waals surface area contributed by atoms with Crippen LogP contribution in [0.15, 0.2) is 79.1 Å². The molecule has 2 aliphatic rings. The number of alkyl halides is 1. The van der Waals surface area contributed by atoms with Gasteiger partial charge in [-0.25, -0.2) is 4.98 Å². The third-order valence-corrected chi connectivity index (χ3v) is 8.33. The van der Waals surface area contributed by atoms with Crippen molar-refractivity contribution in [1.29, 1.82) is 0 Å². The van der Waals surface area contributed by atoms with E-state index < -0.39 is 0 Å². The number of carbonyl (C=O) groups is 2. The van der Waals surface area contributed by atoms with Crippen LogP contribution in [0.4, 0.5) is 11.4 Å². The molecule has 0 N–H and O–H groups in total. The Morgan fingerprint density at radius 2 is 1.12 bits per heavy atom. The number of amides is 2. The Balaban J connectivity index is 0.000000181. The Kier molecular flexibility index (Phi) is 10.1. The topological polar surface area (TPSA) is 64.9 Å². The standard InChI is InChI=1S/C19H19ClN4O.C12H14Cl2N2O/c20-15-5-7-16(8-6-15)22-9-11-23(12-10-22)19(25)13-24-14-21-17-3-1-2-4-18(17)24;13-9-12(17)16-7-5-15(6-8-16)11-3-1-10(14)2-4-11/h1-8,14H,9-13H2;1-4H,5-9H2. The first-order valence-corrected chi connectivity index (χ1v) is 15.2. The summed E-state index contributed by atoms with van der Waals surface area (Å²) in [6.07, 6.45) is 1.74. The summed E-state index contributed by atoms with van der Waals surface area (Å²) in [5.41, 5.74) is 4.21. The molecule has 2 fully saturated rings. The van der Waals surface area contributed by atoms with Gasteiger partial charge in [-0.2, -0.15) is 0 Å². The fraction of sp³-hybridized carbons (Fsp3) is 0.323. The highest BCUT2D eigenvalue weighted by Gasteiger charge is 2.22. The second-order valence-electron chi connectivity index (χ2n) is 10.2. The predicted octanol–water partition coefficient (Wildman–Crippen LogP) is 5.27. The van der Waals surface area contributed by atoms with Crippen LogP contribution in [0.1, 0.15) is 0 Å². The molecule has 42 heavy (non-hydrogen) atoms. The van der Waals surface area contributed by atoms with Crippen molar-refractivity contribution in [2.75, 3.05) is 68.0 Å². The summed E-state index contributed by atoms with van der Waals surface area (Å²) in [5, 5.41) is 1.48. The fourth-order valence-corrected chi connectivity index (χ4v) is 5.62. The molecular formula is C31H33Cl3N6O2. The fourth-order valence-electron chi connectivity index (χ4n) is 5.20. The highest BCUT2D eigenvalue weighted by Crippen LogP contribution is 2.21. The van der Waals surface area contributed by atoms with E-state index in [1.807, 2.05) is 82.3 Å². The maximum atomic E-state index is 12.6. The number of anilines is 2. The number of hydrogen-bond acceptors (Lipinski definition) is 5. The molecule has 11 heteroatoms. The minimum atomic E-state index is 0.0161. The molecule has 1 aromatic heterocycles. The Morgan fingerprint density at radius 3 is 1.62 bits per heavy atom. The molecule has 0 atom stereocenters. The van der Waals surface area contributed by atoms with Gasteiger partial charge in [0.2, 0.25) is 11.8 Å². The number of nitrogens with zero attached hydrogens (tertiary/aromatic N) is 6. The number of imidazole rings is 1. The number of halogens is 3. The van der Waals surface area contributed by atoms with Gasteiger partial charge in [0.05, 0.1) is 17.4 Å². The van der Waals surface area contributed by atoms with E-state index in [9.17, 15) is 9.59 Å². The third-order valence-electron chi connectivity index (χ3n) is 7.60. The number of para-hydroxylation sites is 2. The van der Waals surface area contributed by atoms with Crippen molar-refractivity contribution < 1.29 is 9.59 Å². The molecule has 4 aromatic rings. The summed E-state index contributed by atoms with van der Waals surface area (Å²) in [5.74, 6) is 0.224. The van der Waals surface area contributed by atoms with E-state index in [0.29, 0.717) is 6.54 Å². The molecule has 0 unspecified atom stereocenters. The molecule has 6 rings (SSSR count). The van der Waals surface area contributed by atoms with Crippen molar-refractivity contribution in [3.63, 3.8) is 0 Å². The molecule has 3 aromatic carbocycles. The molecule has 0 spiro atoms. The van der Waals surface area contributed by atoms with Crippen molar-refractivity contribution in [3.05, 3.63) is 89.2 Å². The van der Waals surface area contributed by atoms with Crippen molar-refractivity contribution in [3.8, 4) is 0 Å². The number of hydrogen-bond donors (Lipinski definition) is 0. The van der Waals surface area contributed by atoms with Gasteiger partial charge in [-0.1, -0.05) is 35.3 Å². The lowest BCUT2D eigenvalue weighted by Gasteiger charge is -2.36. The molecule has 3 heterocycles. The Hall–Kier alpha value is -3.46. The lowest BCUT2D eigenvalue weighted by molar-refractivity contribution is -0.132. The van der Waals surface area contributed by atoms with Gasteiger partial charge in [-0.15, -0.1) is 11.6 Å². The van der Waals surface area contributed by atoms with Crippen LogP contribution in [-0.4, -0.2) is 89.4 Å². The highest BCUT2D eigenvalue weighted by molar-refractivity contribution is 6.31. The molecule has 2 amide bonds. The number of rotatable bonds is 5. The first-order chi connectivity index (χ1) is 20.4. The van der Waals surface area contributed by atoms with Gasteiger partial charge in [0.15, 0.2) is 0 Å². The summed E-state index contributed by atoms with van der Waals surface area (Å²) in [4.78, 5) is 36.7. The van der Waals surface area contributed by atoms with Crippen LogP contribution in [0.5, 0.6) is 0 Å². The molecular weight excluding hydrogens is 595 g/mol. The van der Waals surface area contributed by atoms with Crippen molar-refractivity contribution in [1.82, 2.24) is 19.4 Å². The summed E-state index contributed by atoms with van der Waals surface area (Å²) in [7, 11) is 0. The van der Waals surface area contributed by atoms with Crippen LogP contribution >= 0.6 is 34.8 Å². The lowest BCUT2D eigenvalue weighted by atomic mass is 10.2. The van der Waals surface area contributed by atoms with Gasteiger partial charge < -0.3 is 24.2 Å². The van der Waals surface area contributed by atoms with E-state index in [1.54, 1.807) is 11.2 Å². The second-order valence-corrected chi connectivity index (χ2v) is 11.3. The van der Waals surface area contributed by atoms with Crippen LogP contribution in [0.25, 0.3) is 11.0 Å². The zero-order valence-corrected chi connectivity index (χ0v) is 25.5. The Labute approximate surface area is 261 Å². The van der Waals surface area contributed by atoms with E-state index in [2.05, 4.69) is 14.8 Å². The van der Waals surface area contributed by atoms with E-state index >= 15 is 0 Å². The van der Waals surface area contributed by atoms with E-state index in [4.69, 9.17) is 34.8 Å². The molecule has 0 bridgehead atoms. The van der Waals surface area contributed by atoms with Crippen molar-refractivity contribution in [2.24, 2.45) is 0 Å². The maximum Gasteiger partial charge on any atom is 0.242 e. The van der Waals surface area contributed by atoms with E-state index in [-0.39, 0.29) is 17.7 Å². The van der Waals surface area contributed by atoms with Gasteiger partial charge in [0.25, 0.3) is 0 Å². The van der Waals surface area contributed by atoms with Gasteiger partial charge in [-0.05, 0) is 60.7 Å². The minimum absolute atomic E-state index is 0.0161. The van der Waals surface area contributed by atoms with E-state index in [1.165, 1.54) is 0 Å².